The molecule has 0 saturated heterocycles. The zero-order valence-corrected chi connectivity index (χ0v) is 11.1. The van der Waals surface area contributed by atoms with Crippen molar-refractivity contribution in [2.45, 2.75) is 26.3 Å². The highest BCUT2D eigenvalue weighted by atomic mass is 16.3. The van der Waals surface area contributed by atoms with Crippen LogP contribution in [0.5, 0.6) is 11.5 Å². The molecular formula is C16H19NO2. The zero-order chi connectivity index (χ0) is 13.7. The Bertz CT molecular complexity index is 535. The molecule has 0 bridgehead atoms. The van der Waals surface area contributed by atoms with E-state index < -0.39 is 0 Å². The summed E-state index contributed by atoms with van der Waals surface area (Å²) in [5, 5.41) is 21.9. The Hall–Kier alpha value is -2.16. The molecule has 2 aromatic rings. The molecule has 3 nitrogen and oxygen atoms in total. The Morgan fingerprint density at radius 1 is 0.895 bits per heavy atom. The van der Waals surface area contributed by atoms with Crippen LogP contribution < -0.4 is 5.32 Å². The normalized spacial score (nSPS) is 10.4. The van der Waals surface area contributed by atoms with Gasteiger partial charge >= 0.3 is 0 Å². The van der Waals surface area contributed by atoms with Crippen LogP contribution in [0, 0.1) is 0 Å². The Balaban J connectivity index is 1.96. The SMILES string of the molecule is CCCc1ccc(NCc2ccc(O)c(O)c2)cc1. The molecule has 100 valence electrons. The summed E-state index contributed by atoms with van der Waals surface area (Å²) in [4.78, 5) is 0. The van der Waals surface area contributed by atoms with Crippen LogP contribution in [-0.4, -0.2) is 10.2 Å². The van der Waals surface area contributed by atoms with E-state index in [1.54, 1.807) is 12.1 Å². The minimum Gasteiger partial charge on any atom is -0.504 e. The maximum absolute atomic E-state index is 9.41. The molecule has 3 heteroatoms. The third-order valence-corrected chi connectivity index (χ3v) is 3.03. The lowest BCUT2D eigenvalue weighted by Gasteiger charge is -2.08. The highest BCUT2D eigenvalue weighted by Gasteiger charge is 2.00. The maximum atomic E-state index is 9.41. The van der Waals surface area contributed by atoms with Gasteiger partial charge in [-0.3, -0.25) is 0 Å². The molecule has 0 aliphatic rings. The van der Waals surface area contributed by atoms with Crippen LogP contribution in [0.15, 0.2) is 42.5 Å². The molecule has 2 aromatic carbocycles. The summed E-state index contributed by atoms with van der Waals surface area (Å²) in [6.07, 6.45) is 2.26. The van der Waals surface area contributed by atoms with Crippen molar-refractivity contribution in [3.63, 3.8) is 0 Å². The van der Waals surface area contributed by atoms with Crippen molar-refractivity contribution in [1.29, 1.82) is 0 Å². The molecule has 0 heterocycles. The molecular weight excluding hydrogens is 238 g/mol. The molecule has 0 aromatic heterocycles. The van der Waals surface area contributed by atoms with Gasteiger partial charge in [-0.15, -0.1) is 0 Å². The number of phenolic OH excluding ortho intramolecular Hbond substituents is 2. The molecule has 0 aliphatic heterocycles. The summed E-state index contributed by atoms with van der Waals surface area (Å²) in [5.74, 6) is -0.176. The summed E-state index contributed by atoms with van der Waals surface area (Å²) in [6, 6.07) is 13.2. The molecule has 0 unspecified atom stereocenters. The van der Waals surface area contributed by atoms with Gasteiger partial charge in [0, 0.05) is 12.2 Å². The topological polar surface area (TPSA) is 52.5 Å². The van der Waals surface area contributed by atoms with Gasteiger partial charge in [0.2, 0.25) is 0 Å². The Kier molecular flexibility index (Phi) is 4.29. The number of hydrogen-bond acceptors (Lipinski definition) is 3. The summed E-state index contributed by atoms with van der Waals surface area (Å²) in [6.45, 7) is 2.78. The number of anilines is 1. The van der Waals surface area contributed by atoms with E-state index in [1.165, 1.54) is 11.6 Å². The second kappa shape index (κ2) is 6.14. The molecule has 0 saturated carbocycles. The van der Waals surface area contributed by atoms with Gasteiger partial charge in [-0.1, -0.05) is 31.5 Å². The van der Waals surface area contributed by atoms with E-state index in [0.29, 0.717) is 6.54 Å². The van der Waals surface area contributed by atoms with E-state index in [4.69, 9.17) is 0 Å². The standard InChI is InChI=1S/C16H19NO2/c1-2-3-12-4-7-14(8-5-12)17-11-13-6-9-15(18)16(19)10-13/h4-10,17-19H,2-3,11H2,1H3. The predicted molar refractivity (Wildman–Crippen MR) is 77.5 cm³/mol. The van der Waals surface area contributed by atoms with Crippen LogP contribution in [0.3, 0.4) is 0 Å². The van der Waals surface area contributed by atoms with Crippen LogP contribution >= 0.6 is 0 Å². The van der Waals surface area contributed by atoms with Crippen LogP contribution in [0.25, 0.3) is 0 Å². The summed E-state index contributed by atoms with van der Waals surface area (Å²) in [7, 11) is 0. The number of aryl methyl sites for hydroxylation is 1. The first kappa shape index (κ1) is 13.3. The zero-order valence-electron chi connectivity index (χ0n) is 11.1. The van der Waals surface area contributed by atoms with Crippen molar-refractivity contribution in [3.8, 4) is 11.5 Å². The number of aromatic hydroxyl groups is 2. The lowest BCUT2D eigenvalue weighted by Crippen LogP contribution is -1.99. The Morgan fingerprint density at radius 2 is 1.58 bits per heavy atom. The minimum absolute atomic E-state index is 0.0856. The molecule has 0 radical (unpaired) electrons. The van der Waals surface area contributed by atoms with E-state index in [0.717, 1.165) is 24.1 Å². The van der Waals surface area contributed by atoms with E-state index in [9.17, 15) is 10.2 Å². The van der Waals surface area contributed by atoms with Gasteiger partial charge in [-0.2, -0.15) is 0 Å². The summed E-state index contributed by atoms with van der Waals surface area (Å²) in [5.41, 5.74) is 3.32. The minimum atomic E-state index is -0.0901. The van der Waals surface area contributed by atoms with Crippen molar-refractivity contribution >= 4 is 5.69 Å². The van der Waals surface area contributed by atoms with Gasteiger partial charge in [-0.25, -0.2) is 0 Å². The average molecular weight is 257 g/mol. The van der Waals surface area contributed by atoms with Crippen LogP contribution in [0.1, 0.15) is 24.5 Å². The molecule has 0 atom stereocenters. The molecule has 0 fully saturated rings. The van der Waals surface area contributed by atoms with Gasteiger partial charge in [0.1, 0.15) is 0 Å². The van der Waals surface area contributed by atoms with Crippen molar-refractivity contribution in [1.82, 2.24) is 0 Å². The van der Waals surface area contributed by atoms with Crippen molar-refractivity contribution in [3.05, 3.63) is 53.6 Å². The highest BCUT2D eigenvalue weighted by Crippen LogP contribution is 2.25. The van der Waals surface area contributed by atoms with E-state index >= 15 is 0 Å². The van der Waals surface area contributed by atoms with Crippen LogP contribution in [0.2, 0.25) is 0 Å². The van der Waals surface area contributed by atoms with Gasteiger partial charge in [0.15, 0.2) is 11.5 Å². The lowest BCUT2D eigenvalue weighted by molar-refractivity contribution is 0.403. The third-order valence-electron chi connectivity index (χ3n) is 3.03. The van der Waals surface area contributed by atoms with Crippen LogP contribution in [0.4, 0.5) is 5.69 Å². The number of nitrogens with one attached hydrogen (secondary N) is 1. The number of hydrogen-bond donors (Lipinski definition) is 3. The number of phenols is 2. The number of benzene rings is 2. The second-order valence-corrected chi connectivity index (χ2v) is 4.62. The Morgan fingerprint density at radius 3 is 2.21 bits per heavy atom. The molecule has 3 N–H and O–H groups in total. The molecule has 19 heavy (non-hydrogen) atoms. The van der Waals surface area contributed by atoms with E-state index in [2.05, 4.69) is 36.5 Å². The summed E-state index contributed by atoms with van der Waals surface area (Å²) >= 11 is 0. The maximum Gasteiger partial charge on any atom is 0.157 e. The van der Waals surface area contributed by atoms with Crippen molar-refractivity contribution in [2.24, 2.45) is 0 Å². The van der Waals surface area contributed by atoms with Gasteiger partial charge in [-0.05, 0) is 41.8 Å². The van der Waals surface area contributed by atoms with E-state index in [-0.39, 0.29) is 11.5 Å². The van der Waals surface area contributed by atoms with Gasteiger partial charge in [0.25, 0.3) is 0 Å². The van der Waals surface area contributed by atoms with Crippen LogP contribution in [-0.2, 0) is 13.0 Å². The first-order chi connectivity index (χ1) is 9.19. The second-order valence-electron chi connectivity index (χ2n) is 4.62. The highest BCUT2D eigenvalue weighted by molar-refractivity contribution is 5.46. The monoisotopic (exact) mass is 257 g/mol. The van der Waals surface area contributed by atoms with Gasteiger partial charge < -0.3 is 15.5 Å². The quantitative estimate of drug-likeness (QED) is 0.716. The molecule has 2 rings (SSSR count). The van der Waals surface area contributed by atoms with E-state index in [1.807, 2.05) is 0 Å². The molecule has 0 amide bonds. The Labute approximate surface area is 113 Å². The summed E-state index contributed by atoms with van der Waals surface area (Å²) < 4.78 is 0. The predicted octanol–water partition coefficient (Wildman–Crippen LogP) is 3.66. The van der Waals surface area contributed by atoms with Crippen molar-refractivity contribution in [2.75, 3.05) is 5.32 Å². The smallest absolute Gasteiger partial charge is 0.157 e. The molecule has 0 aliphatic carbocycles. The lowest BCUT2D eigenvalue weighted by atomic mass is 10.1. The first-order valence-electron chi connectivity index (χ1n) is 6.52. The number of rotatable bonds is 5. The fourth-order valence-electron chi connectivity index (χ4n) is 1.96. The fourth-order valence-corrected chi connectivity index (χ4v) is 1.96. The fraction of sp³-hybridized carbons (Fsp3) is 0.250. The van der Waals surface area contributed by atoms with Gasteiger partial charge in [0.05, 0.1) is 0 Å². The van der Waals surface area contributed by atoms with Crippen molar-refractivity contribution < 1.29 is 10.2 Å². The average Bonchev–Trinajstić information content (AvgIpc) is 2.42. The first-order valence-corrected chi connectivity index (χ1v) is 6.52. The largest absolute Gasteiger partial charge is 0.504 e. The third kappa shape index (κ3) is 3.65. The molecule has 0 spiro atoms.